The molecule has 1 aliphatic heterocycles. The average Bonchev–Trinajstić information content (AvgIpc) is 3.23. The van der Waals surface area contributed by atoms with Crippen LogP contribution in [-0.2, 0) is 16.6 Å². The van der Waals surface area contributed by atoms with Crippen LogP contribution in [0.1, 0.15) is 31.2 Å². The third-order valence-corrected chi connectivity index (χ3v) is 7.47. The minimum atomic E-state index is -3.50. The van der Waals surface area contributed by atoms with Gasteiger partial charge >= 0.3 is 0 Å². The highest BCUT2D eigenvalue weighted by Gasteiger charge is 2.29. The fourth-order valence-electron chi connectivity index (χ4n) is 3.62. The van der Waals surface area contributed by atoms with Crippen molar-refractivity contribution < 1.29 is 17.2 Å². The molecule has 1 aliphatic rings. The molecule has 1 saturated heterocycles. The summed E-state index contributed by atoms with van der Waals surface area (Å²) in [5.74, 6) is 1.20. The maximum absolute atomic E-state index is 13.1. The van der Waals surface area contributed by atoms with Crippen LogP contribution in [0.5, 0.6) is 0 Å². The van der Waals surface area contributed by atoms with Gasteiger partial charge in [0, 0.05) is 31.7 Å². The van der Waals surface area contributed by atoms with Crippen molar-refractivity contribution in [3.05, 3.63) is 72.0 Å². The molecule has 1 fully saturated rings. The van der Waals surface area contributed by atoms with Gasteiger partial charge in [0.15, 0.2) is 5.76 Å². The Morgan fingerprint density at radius 2 is 1.65 bits per heavy atom. The number of aromatic nitrogens is 1. The summed E-state index contributed by atoms with van der Waals surface area (Å²) >= 11 is 0. The molecule has 6 nitrogen and oxygen atoms in total. The van der Waals surface area contributed by atoms with E-state index in [1.807, 2.05) is 12.1 Å². The molecule has 0 bridgehead atoms. The van der Waals surface area contributed by atoms with E-state index in [0.29, 0.717) is 55.2 Å². The first kappa shape index (κ1) is 21.7. The molecule has 0 radical (unpaired) electrons. The maximum atomic E-state index is 13.1. The molecule has 1 aromatic heterocycles. The van der Waals surface area contributed by atoms with Crippen molar-refractivity contribution in [2.24, 2.45) is 0 Å². The number of sulfonamides is 1. The molecule has 8 heteroatoms. The van der Waals surface area contributed by atoms with E-state index in [1.165, 1.54) is 16.4 Å². The molecule has 2 aromatic carbocycles. The summed E-state index contributed by atoms with van der Waals surface area (Å²) in [5.41, 5.74) is 1.88. The minimum Gasteiger partial charge on any atom is -0.439 e. The molecule has 0 spiro atoms. The van der Waals surface area contributed by atoms with Crippen molar-refractivity contribution in [2.75, 3.05) is 26.2 Å². The third-order valence-electron chi connectivity index (χ3n) is 5.56. The van der Waals surface area contributed by atoms with Gasteiger partial charge in [-0.15, -0.1) is 0 Å². The van der Waals surface area contributed by atoms with Gasteiger partial charge in [-0.1, -0.05) is 26.0 Å². The topological polar surface area (TPSA) is 66.7 Å². The second-order valence-corrected chi connectivity index (χ2v) is 9.97. The zero-order chi connectivity index (χ0) is 22.0. The molecular formula is C23H26FN3O3S. The van der Waals surface area contributed by atoms with Crippen LogP contribution in [0.3, 0.4) is 0 Å². The first-order chi connectivity index (χ1) is 14.8. The van der Waals surface area contributed by atoms with Gasteiger partial charge in [0.25, 0.3) is 0 Å². The number of hydrogen-bond donors (Lipinski definition) is 0. The molecule has 0 saturated carbocycles. The molecule has 164 valence electrons. The van der Waals surface area contributed by atoms with Crippen LogP contribution in [0, 0.1) is 5.82 Å². The summed E-state index contributed by atoms with van der Waals surface area (Å²) in [6.45, 7) is 6.69. The summed E-state index contributed by atoms with van der Waals surface area (Å²) in [4.78, 5) is 6.77. The number of hydrogen-bond acceptors (Lipinski definition) is 5. The number of oxazole rings is 1. The summed E-state index contributed by atoms with van der Waals surface area (Å²) in [6.07, 6.45) is 1.63. The van der Waals surface area contributed by atoms with Crippen molar-refractivity contribution in [3.8, 4) is 11.3 Å². The van der Waals surface area contributed by atoms with E-state index in [1.54, 1.807) is 30.5 Å². The second-order valence-electron chi connectivity index (χ2n) is 8.03. The van der Waals surface area contributed by atoms with Gasteiger partial charge in [-0.05, 0) is 47.9 Å². The lowest BCUT2D eigenvalue weighted by atomic mass is 10.0. The standard InChI is InChI=1S/C23H26FN3O3S/c1-17(2)18-5-9-21(10-6-18)31(28,29)27-13-11-26(12-14-27)16-23-25-15-22(30-23)19-3-7-20(24)8-4-19/h3-10,15,17H,11-14,16H2,1-2H3. The number of nitrogens with zero attached hydrogens (tertiary/aromatic N) is 3. The van der Waals surface area contributed by atoms with E-state index in [4.69, 9.17) is 4.42 Å². The second kappa shape index (κ2) is 8.90. The SMILES string of the molecule is CC(C)c1ccc(S(=O)(=O)N2CCN(Cc3ncc(-c4ccc(F)cc4)o3)CC2)cc1. The molecule has 31 heavy (non-hydrogen) atoms. The molecule has 0 aliphatic carbocycles. The highest BCUT2D eigenvalue weighted by molar-refractivity contribution is 7.89. The van der Waals surface area contributed by atoms with Crippen LogP contribution in [0.2, 0.25) is 0 Å². The van der Waals surface area contributed by atoms with E-state index >= 15 is 0 Å². The van der Waals surface area contributed by atoms with Gasteiger partial charge in [-0.25, -0.2) is 17.8 Å². The predicted molar refractivity (Wildman–Crippen MR) is 116 cm³/mol. The first-order valence-electron chi connectivity index (χ1n) is 10.4. The number of piperazine rings is 1. The third kappa shape index (κ3) is 4.87. The zero-order valence-electron chi connectivity index (χ0n) is 17.7. The van der Waals surface area contributed by atoms with Gasteiger partial charge < -0.3 is 4.42 Å². The van der Waals surface area contributed by atoms with Gasteiger partial charge in [0.05, 0.1) is 17.6 Å². The molecule has 0 N–H and O–H groups in total. The lowest BCUT2D eigenvalue weighted by Crippen LogP contribution is -2.48. The largest absolute Gasteiger partial charge is 0.439 e. The zero-order valence-corrected chi connectivity index (χ0v) is 18.5. The van der Waals surface area contributed by atoms with Gasteiger partial charge in [0.1, 0.15) is 5.82 Å². The smallest absolute Gasteiger partial charge is 0.243 e. The van der Waals surface area contributed by atoms with E-state index in [9.17, 15) is 12.8 Å². The number of halogens is 1. The number of benzene rings is 2. The summed E-state index contributed by atoms with van der Waals surface area (Å²) in [5, 5.41) is 0. The summed E-state index contributed by atoms with van der Waals surface area (Å²) in [6, 6.07) is 13.2. The highest BCUT2D eigenvalue weighted by atomic mass is 32.2. The molecule has 0 amide bonds. The Hall–Kier alpha value is -2.55. The summed E-state index contributed by atoms with van der Waals surface area (Å²) in [7, 11) is -3.50. The Morgan fingerprint density at radius 1 is 1.00 bits per heavy atom. The summed E-state index contributed by atoms with van der Waals surface area (Å²) < 4.78 is 46.4. The van der Waals surface area contributed by atoms with E-state index < -0.39 is 10.0 Å². The van der Waals surface area contributed by atoms with Crippen LogP contribution in [-0.4, -0.2) is 48.8 Å². The first-order valence-corrected chi connectivity index (χ1v) is 11.8. The monoisotopic (exact) mass is 443 g/mol. The number of rotatable bonds is 6. The molecule has 4 rings (SSSR count). The Bertz CT molecular complexity index is 1120. The van der Waals surface area contributed by atoms with Crippen molar-refractivity contribution in [1.29, 1.82) is 0 Å². The molecule has 3 aromatic rings. The van der Waals surface area contributed by atoms with Crippen LogP contribution in [0.15, 0.2) is 64.0 Å². The molecule has 2 heterocycles. The van der Waals surface area contributed by atoms with Crippen LogP contribution in [0.25, 0.3) is 11.3 Å². The van der Waals surface area contributed by atoms with Crippen LogP contribution in [0.4, 0.5) is 4.39 Å². The quantitative estimate of drug-likeness (QED) is 0.574. The van der Waals surface area contributed by atoms with Crippen molar-refractivity contribution >= 4 is 10.0 Å². The lowest BCUT2D eigenvalue weighted by Gasteiger charge is -2.33. The molecule has 0 atom stereocenters. The fraction of sp³-hybridized carbons (Fsp3) is 0.348. The fourth-order valence-corrected chi connectivity index (χ4v) is 5.05. The normalized spacial score (nSPS) is 16.1. The van der Waals surface area contributed by atoms with E-state index in [0.717, 1.165) is 11.1 Å². The Balaban J connectivity index is 1.36. The Kier molecular flexibility index (Phi) is 6.22. The Labute approximate surface area is 182 Å². The average molecular weight is 444 g/mol. The van der Waals surface area contributed by atoms with E-state index in [-0.39, 0.29) is 5.82 Å². The molecular weight excluding hydrogens is 417 g/mol. The lowest BCUT2D eigenvalue weighted by molar-refractivity contribution is 0.168. The maximum Gasteiger partial charge on any atom is 0.243 e. The van der Waals surface area contributed by atoms with Crippen molar-refractivity contribution in [2.45, 2.75) is 31.2 Å². The molecule has 0 unspecified atom stereocenters. The van der Waals surface area contributed by atoms with Crippen LogP contribution >= 0.6 is 0 Å². The Morgan fingerprint density at radius 3 is 2.26 bits per heavy atom. The van der Waals surface area contributed by atoms with Gasteiger partial charge in [-0.3, -0.25) is 4.90 Å². The van der Waals surface area contributed by atoms with Crippen molar-refractivity contribution in [3.63, 3.8) is 0 Å². The van der Waals surface area contributed by atoms with Crippen molar-refractivity contribution in [1.82, 2.24) is 14.2 Å². The van der Waals surface area contributed by atoms with Gasteiger partial charge in [0.2, 0.25) is 15.9 Å². The predicted octanol–water partition coefficient (Wildman–Crippen LogP) is 4.11. The van der Waals surface area contributed by atoms with Crippen LogP contribution < -0.4 is 0 Å². The highest BCUT2D eigenvalue weighted by Crippen LogP contribution is 2.23. The van der Waals surface area contributed by atoms with E-state index in [2.05, 4.69) is 23.7 Å². The minimum absolute atomic E-state index is 0.299. The van der Waals surface area contributed by atoms with Gasteiger partial charge in [-0.2, -0.15) is 4.31 Å².